The third-order valence-electron chi connectivity index (χ3n) is 7.96. The minimum Gasteiger partial charge on any atom is -0.488 e. The largest absolute Gasteiger partial charge is 0.488 e. The van der Waals surface area contributed by atoms with E-state index < -0.39 is 12.1 Å². The van der Waals surface area contributed by atoms with Gasteiger partial charge in [0.05, 0.1) is 24.2 Å². The summed E-state index contributed by atoms with van der Waals surface area (Å²) in [6.07, 6.45) is 1.02. The summed E-state index contributed by atoms with van der Waals surface area (Å²) in [5.74, 6) is 1.33. The average molecular weight is 547 g/mol. The average Bonchev–Trinajstić information content (AvgIpc) is 3.53. The molecule has 3 heterocycles. The Morgan fingerprint density at radius 3 is 2.74 bits per heavy atom. The van der Waals surface area contributed by atoms with E-state index in [4.69, 9.17) is 26.1 Å². The van der Waals surface area contributed by atoms with E-state index in [-0.39, 0.29) is 23.9 Å². The van der Waals surface area contributed by atoms with Gasteiger partial charge in [-0.05, 0) is 72.5 Å². The number of aromatic nitrogens is 2. The molecule has 1 fully saturated rings. The number of alkyl carbamates (subject to hydrolysis) is 1. The molecule has 4 aromatic rings. The number of H-pyrrole nitrogens is 1. The van der Waals surface area contributed by atoms with Crippen LogP contribution in [0.25, 0.3) is 32.9 Å². The number of likely N-dealkylation sites (tertiary alicyclic amines) is 1. The van der Waals surface area contributed by atoms with Crippen molar-refractivity contribution in [2.45, 2.75) is 58.3 Å². The molecule has 0 aliphatic carbocycles. The number of nitrogens with one attached hydrogen (secondary N) is 2. The highest BCUT2D eigenvalue weighted by molar-refractivity contribution is 6.30. The van der Waals surface area contributed by atoms with Crippen LogP contribution in [-0.2, 0) is 16.1 Å². The maximum absolute atomic E-state index is 13.7. The first-order valence-corrected chi connectivity index (χ1v) is 13.7. The van der Waals surface area contributed by atoms with E-state index in [9.17, 15) is 9.59 Å². The Morgan fingerprint density at radius 2 is 1.97 bits per heavy atom. The highest BCUT2D eigenvalue weighted by atomic mass is 35.5. The second-order valence-electron chi connectivity index (χ2n) is 10.8. The number of aromatic amines is 1. The standard InChI is InChI=1S/C30H31ClN4O4/c1-15(2)26(34-30(37)38-4)29(36)35-16(3)5-10-24(35)28-32-23-9-6-17-12-22-20-8-7-19(31)11-18(20)14-39-25(22)13-21(17)27(23)33-28/h6-9,11-13,15-16,24,26H,5,10,14H2,1-4H3,(H,32,33)(H,34,37). The summed E-state index contributed by atoms with van der Waals surface area (Å²) in [5.41, 5.74) is 4.98. The van der Waals surface area contributed by atoms with Crippen LogP contribution in [0.4, 0.5) is 4.79 Å². The molecular weight excluding hydrogens is 516 g/mol. The van der Waals surface area contributed by atoms with Crippen LogP contribution in [0, 0.1) is 5.92 Å². The van der Waals surface area contributed by atoms with Crippen LogP contribution in [0.1, 0.15) is 51.0 Å². The fraction of sp³-hybridized carbons (Fsp3) is 0.367. The van der Waals surface area contributed by atoms with Crippen LogP contribution in [0.2, 0.25) is 5.02 Å². The first kappa shape index (κ1) is 25.5. The number of halogens is 1. The number of carbonyl (C=O) groups is 2. The minimum absolute atomic E-state index is 0.0159. The molecule has 2 N–H and O–H groups in total. The monoisotopic (exact) mass is 546 g/mol. The molecule has 2 aliphatic heterocycles. The van der Waals surface area contributed by atoms with Crippen LogP contribution in [0.3, 0.4) is 0 Å². The van der Waals surface area contributed by atoms with Crippen LogP contribution >= 0.6 is 11.6 Å². The van der Waals surface area contributed by atoms with Gasteiger partial charge in [0.25, 0.3) is 0 Å². The minimum atomic E-state index is -0.688. The molecule has 8 nitrogen and oxygen atoms in total. The van der Waals surface area contributed by atoms with Gasteiger partial charge < -0.3 is 24.7 Å². The zero-order valence-corrected chi connectivity index (χ0v) is 23.1. The number of imidazole rings is 1. The molecule has 0 saturated carbocycles. The summed E-state index contributed by atoms with van der Waals surface area (Å²) >= 11 is 6.20. The molecule has 3 atom stereocenters. The normalized spacial score (nSPS) is 19.1. The first-order chi connectivity index (χ1) is 18.7. The van der Waals surface area contributed by atoms with Gasteiger partial charge in [-0.15, -0.1) is 0 Å². The number of benzene rings is 3. The van der Waals surface area contributed by atoms with E-state index in [2.05, 4.69) is 28.5 Å². The summed E-state index contributed by atoms with van der Waals surface area (Å²) in [4.78, 5) is 36.1. The van der Waals surface area contributed by atoms with Crippen molar-refractivity contribution in [1.29, 1.82) is 0 Å². The summed E-state index contributed by atoms with van der Waals surface area (Å²) in [6, 6.07) is 13.3. The molecule has 1 aromatic heterocycles. The highest BCUT2D eigenvalue weighted by Crippen LogP contribution is 2.43. The topological polar surface area (TPSA) is 96.6 Å². The maximum Gasteiger partial charge on any atom is 0.407 e. The quantitative estimate of drug-likeness (QED) is 0.310. The van der Waals surface area contributed by atoms with Crippen molar-refractivity contribution in [3.05, 3.63) is 58.9 Å². The molecule has 9 heteroatoms. The van der Waals surface area contributed by atoms with E-state index in [0.29, 0.717) is 11.6 Å². The number of rotatable bonds is 4. The van der Waals surface area contributed by atoms with Crippen molar-refractivity contribution in [3.8, 4) is 16.9 Å². The molecule has 6 rings (SSSR count). The summed E-state index contributed by atoms with van der Waals surface area (Å²) in [7, 11) is 1.30. The van der Waals surface area contributed by atoms with Gasteiger partial charge in [-0.1, -0.05) is 37.6 Å². The van der Waals surface area contributed by atoms with Gasteiger partial charge in [0.1, 0.15) is 24.2 Å². The molecular formula is C30H31ClN4O4. The van der Waals surface area contributed by atoms with E-state index in [1.807, 2.05) is 49.9 Å². The fourth-order valence-corrected chi connectivity index (χ4v) is 6.11. The predicted molar refractivity (Wildman–Crippen MR) is 151 cm³/mol. The number of hydrogen-bond donors (Lipinski definition) is 2. The Bertz CT molecular complexity index is 1610. The van der Waals surface area contributed by atoms with Gasteiger partial charge in [-0.2, -0.15) is 0 Å². The van der Waals surface area contributed by atoms with Crippen molar-refractivity contribution >= 4 is 45.4 Å². The lowest BCUT2D eigenvalue weighted by molar-refractivity contribution is -0.137. The Hall–Kier alpha value is -3.78. The first-order valence-electron chi connectivity index (χ1n) is 13.3. The molecule has 3 unspecified atom stereocenters. The molecule has 0 bridgehead atoms. The van der Waals surface area contributed by atoms with Gasteiger partial charge in [-0.25, -0.2) is 9.78 Å². The maximum atomic E-state index is 13.7. The lowest BCUT2D eigenvalue weighted by Gasteiger charge is -2.32. The number of ether oxygens (including phenoxy) is 2. The number of hydrogen-bond acceptors (Lipinski definition) is 5. The highest BCUT2D eigenvalue weighted by Gasteiger charge is 2.41. The zero-order chi connectivity index (χ0) is 27.4. The summed E-state index contributed by atoms with van der Waals surface area (Å²) in [5, 5.41) is 5.46. The Labute approximate surface area is 231 Å². The smallest absolute Gasteiger partial charge is 0.407 e. The van der Waals surface area contributed by atoms with Crippen molar-refractivity contribution in [2.24, 2.45) is 5.92 Å². The number of carbonyl (C=O) groups excluding carboxylic acids is 2. The molecule has 2 amide bonds. The number of nitrogens with zero attached hydrogens (tertiary/aromatic N) is 2. The molecule has 0 radical (unpaired) electrons. The van der Waals surface area contributed by atoms with Crippen molar-refractivity contribution in [3.63, 3.8) is 0 Å². The van der Waals surface area contributed by atoms with Crippen LogP contribution in [-0.4, -0.2) is 46.1 Å². The molecule has 1 saturated heterocycles. The summed E-state index contributed by atoms with van der Waals surface area (Å²) < 4.78 is 10.9. The number of methoxy groups -OCH3 is 1. The SMILES string of the molecule is COC(=O)NC(C(=O)N1C(C)CCC1c1nc2c(ccc3cc4c(cc32)OCc2cc(Cl)ccc2-4)[nH]1)C(C)C. The third-order valence-corrected chi connectivity index (χ3v) is 8.19. The Kier molecular flexibility index (Phi) is 6.38. The number of amides is 2. The second-order valence-corrected chi connectivity index (χ2v) is 11.2. The Morgan fingerprint density at radius 1 is 1.15 bits per heavy atom. The predicted octanol–water partition coefficient (Wildman–Crippen LogP) is 6.36. The third kappa shape index (κ3) is 4.36. The van der Waals surface area contributed by atoms with E-state index >= 15 is 0 Å². The van der Waals surface area contributed by atoms with Crippen LogP contribution in [0.15, 0.2) is 42.5 Å². The lowest BCUT2D eigenvalue weighted by atomic mass is 9.94. The van der Waals surface area contributed by atoms with Crippen LogP contribution in [0.5, 0.6) is 5.75 Å². The molecule has 2 aliphatic rings. The molecule has 3 aromatic carbocycles. The molecule has 202 valence electrons. The van der Waals surface area contributed by atoms with E-state index in [1.165, 1.54) is 7.11 Å². The molecule has 39 heavy (non-hydrogen) atoms. The van der Waals surface area contributed by atoms with E-state index in [0.717, 1.165) is 62.9 Å². The van der Waals surface area contributed by atoms with Crippen molar-refractivity contribution < 1.29 is 19.1 Å². The van der Waals surface area contributed by atoms with E-state index in [1.54, 1.807) is 0 Å². The van der Waals surface area contributed by atoms with Crippen LogP contribution < -0.4 is 10.1 Å². The van der Waals surface area contributed by atoms with Gasteiger partial charge in [0.2, 0.25) is 5.91 Å². The fourth-order valence-electron chi connectivity index (χ4n) is 5.92. The number of fused-ring (bicyclic) bond motifs is 6. The lowest BCUT2D eigenvalue weighted by Crippen LogP contribution is -2.52. The van der Waals surface area contributed by atoms with Crippen molar-refractivity contribution in [2.75, 3.05) is 7.11 Å². The van der Waals surface area contributed by atoms with Gasteiger partial charge >= 0.3 is 6.09 Å². The molecule has 0 spiro atoms. The van der Waals surface area contributed by atoms with Gasteiger partial charge in [-0.3, -0.25) is 4.79 Å². The van der Waals surface area contributed by atoms with Gasteiger partial charge in [0.15, 0.2) is 0 Å². The zero-order valence-electron chi connectivity index (χ0n) is 22.4. The summed E-state index contributed by atoms with van der Waals surface area (Å²) in [6.45, 7) is 6.33. The second kappa shape index (κ2) is 9.75. The Balaban J connectivity index is 1.38. The van der Waals surface area contributed by atoms with Crippen molar-refractivity contribution in [1.82, 2.24) is 20.2 Å². The van der Waals surface area contributed by atoms with Gasteiger partial charge in [0, 0.05) is 22.0 Å².